The Labute approximate surface area is 113 Å². The van der Waals surface area contributed by atoms with Gasteiger partial charge >= 0.3 is 0 Å². The molecule has 18 heavy (non-hydrogen) atoms. The highest BCUT2D eigenvalue weighted by atomic mass is 35.5. The molecule has 0 aromatic heterocycles. The van der Waals surface area contributed by atoms with Gasteiger partial charge in [0.25, 0.3) is 0 Å². The van der Waals surface area contributed by atoms with Crippen LogP contribution in [0.1, 0.15) is 25.8 Å². The van der Waals surface area contributed by atoms with Crippen molar-refractivity contribution in [2.45, 2.75) is 26.1 Å². The van der Waals surface area contributed by atoms with Crippen LogP contribution in [-0.4, -0.2) is 20.8 Å². The first kappa shape index (κ1) is 15.1. The molecule has 1 N–H and O–H groups in total. The minimum Gasteiger partial charge on any atom is -0.494 e. The summed E-state index contributed by atoms with van der Waals surface area (Å²) in [6, 6.07) is 5.10. The van der Waals surface area contributed by atoms with E-state index in [4.69, 9.17) is 16.3 Å². The predicted molar refractivity (Wildman–Crippen MR) is 74.9 cm³/mol. The first-order valence-corrected chi connectivity index (χ1v) is 8.03. The van der Waals surface area contributed by atoms with Gasteiger partial charge in [-0.15, -0.1) is 11.6 Å². The third-order valence-electron chi connectivity index (χ3n) is 2.25. The Hall–Kier alpha value is -0.940. The Bertz CT molecular complexity index is 488. The molecule has 0 aliphatic heterocycles. The highest BCUT2D eigenvalue weighted by Gasteiger charge is 2.10. The van der Waals surface area contributed by atoms with Crippen LogP contribution in [0.4, 0.5) is 5.69 Å². The number of hydrogen-bond acceptors (Lipinski definition) is 3. The third-order valence-corrected chi connectivity index (χ3v) is 4.03. The van der Waals surface area contributed by atoms with Crippen LogP contribution in [0.3, 0.4) is 0 Å². The maximum absolute atomic E-state index is 11.6. The summed E-state index contributed by atoms with van der Waals surface area (Å²) in [4.78, 5) is 0. The van der Waals surface area contributed by atoms with E-state index >= 15 is 0 Å². The maximum atomic E-state index is 11.6. The number of hydrogen-bond donors (Lipinski definition) is 1. The maximum Gasteiger partial charge on any atom is 0.232 e. The number of alkyl halides is 1. The monoisotopic (exact) mass is 291 g/mol. The van der Waals surface area contributed by atoms with E-state index in [0.717, 1.165) is 5.56 Å². The molecule has 0 aliphatic rings. The molecule has 4 nitrogen and oxygen atoms in total. The Balaban J connectivity index is 2.92. The van der Waals surface area contributed by atoms with Crippen molar-refractivity contribution in [2.75, 3.05) is 17.1 Å². The number of nitrogens with one attached hydrogen (secondary N) is 1. The molecule has 0 spiro atoms. The molecule has 0 amide bonds. The number of ether oxygens (including phenoxy) is 1. The van der Waals surface area contributed by atoms with Crippen molar-refractivity contribution in [1.82, 2.24) is 0 Å². The molecular formula is C12H18ClNO3S. The van der Waals surface area contributed by atoms with Crippen molar-refractivity contribution in [1.29, 1.82) is 0 Å². The second-order valence-electron chi connectivity index (χ2n) is 3.81. The summed E-state index contributed by atoms with van der Waals surface area (Å²) >= 11 is 5.81. The van der Waals surface area contributed by atoms with Crippen LogP contribution in [0.2, 0.25) is 0 Å². The van der Waals surface area contributed by atoms with E-state index in [1.807, 2.05) is 13.8 Å². The lowest BCUT2D eigenvalue weighted by Crippen LogP contribution is -2.16. The molecule has 102 valence electrons. The minimum absolute atomic E-state index is 0.108. The molecular weight excluding hydrogens is 274 g/mol. The minimum atomic E-state index is -3.27. The number of sulfonamides is 1. The second-order valence-corrected chi connectivity index (χ2v) is 5.92. The number of benzene rings is 1. The van der Waals surface area contributed by atoms with Gasteiger partial charge in [0.05, 0.1) is 18.2 Å². The molecule has 1 aromatic rings. The zero-order valence-corrected chi connectivity index (χ0v) is 12.1. The van der Waals surface area contributed by atoms with Crippen molar-refractivity contribution < 1.29 is 13.2 Å². The predicted octanol–water partition coefficient (Wildman–Crippen LogP) is 2.98. The zero-order chi connectivity index (χ0) is 13.6. The fourth-order valence-electron chi connectivity index (χ4n) is 1.54. The van der Waals surface area contributed by atoms with Gasteiger partial charge in [0.15, 0.2) is 0 Å². The van der Waals surface area contributed by atoms with Gasteiger partial charge < -0.3 is 4.74 Å². The van der Waals surface area contributed by atoms with Crippen LogP contribution in [0, 0.1) is 0 Å². The summed E-state index contributed by atoms with van der Waals surface area (Å²) in [5, 5.41) is 0. The highest BCUT2D eigenvalue weighted by Crippen LogP contribution is 2.25. The summed E-state index contributed by atoms with van der Waals surface area (Å²) in [6.07, 6.45) is 0.578. The smallest absolute Gasteiger partial charge is 0.232 e. The zero-order valence-electron chi connectivity index (χ0n) is 10.6. The molecule has 6 heteroatoms. The van der Waals surface area contributed by atoms with Crippen LogP contribution in [-0.2, 0) is 15.9 Å². The van der Waals surface area contributed by atoms with Gasteiger partial charge in [0.2, 0.25) is 10.0 Å². The molecule has 0 fully saturated rings. The first-order chi connectivity index (χ1) is 8.52. The van der Waals surface area contributed by atoms with Crippen LogP contribution < -0.4 is 9.46 Å². The van der Waals surface area contributed by atoms with Gasteiger partial charge in [-0.2, -0.15) is 0 Å². The van der Waals surface area contributed by atoms with Crippen molar-refractivity contribution in [3.63, 3.8) is 0 Å². The Morgan fingerprint density at radius 2 is 2.06 bits per heavy atom. The molecule has 0 unspecified atom stereocenters. The average molecular weight is 292 g/mol. The lowest BCUT2D eigenvalue weighted by molar-refractivity contribution is 0.337. The van der Waals surface area contributed by atoms with Crippen molar-refractivity contribution in [2.24, 2.45) is 0 Å². The van der Waals surface area contributed by atoms with Gasteiger partial charge in [-0.1, -0.05) is 6.92 Å². The van der Waals surface area contributed by atoms with Crippen LogP contribution in [0.15, 0.2) is 18.2 Å². The quantitative estimate of drug-likeness (QED) is 0.786. The fraction of sp³-hybridized carbons (Fsp3) is 0.500. The van der Waals surface area contributed by atoms with Crippen molar-refractivity contribution in [3.8, 4) is 5.75 Å². The first-order valence-electron chi connectivity index (χ1n) is 5.84. The molecule has 0 atom stereocenters. The third kappa shape index (κ3) is 4.38. The number of rotatable bonds is 7. The number of halogens is 1. The molecule has 0 radical (unpaired) electrons. The largest absolute Gasteiger partial charge is 0.494 e. The van der Waals surface area contributed by atoms with Crippen molar-refractivity contribution >= 4 is 27.3 Å². The van der Waals surface area contributed by atoms with Crippen molar-refractivity contribution in [3.05, 3.63) is 23.8 Å². The van der Waals surface area contributed by atoms with E-state index in [0.29, 0.717) is 24.5 Å². The molecule has 0 bridgehead atoms. The Morgan fingerprint density at radius 1 is 1.33 bits per heavy atom. The van der Waals surface area contributed by atoms with Gasteiger partial charge in [-0.3, -0.25) is 4.72 Å². The Kier molecular flexibility index (Phi) is 5.75. The summed E-state index contributed by atoms with van der Waals surface area (Å²) in [7, 11) is -3.27. The van der Waals surface area contributed by atoms with E-state index in [2.05, 4.69) is 4.72 Å². The van der Waals surface area contributed by atoms with Crippen LogP contribution >= 0.6 is 11.6 Å². The fourth-order valence-corrected chi connectivity index (χ4v) is 2.88. The van der Waals surface area contributed by atoms with E-state index in [1.54, 1.807) is 18.2 Å². The van der Waals surface area contributed by atoms with Gasteiger partial charge in [0.1, 0.15) is 5.75 Å². The van der Waals surface area contributed by atoms with E-state index in [1.165, 1.54) is 0 Å². The summed E-state index contributed by atoms with van der Waals surface area (Å²) in [5.74, 6) is 1.07. The van der Waals surface area contributed by atoms with Gasteiger partial charge in [0, 0.05) is 11.3 Å². The van der Waals surface area contributed by atoms with Gasteiger partial charge in [-0.05, 0) is 31.5 Å². The SMILES string of the molecule is CCCS(=O)(=O)Nc1ccc(OCC)c(CCl)c1. The molecule has 1 rings (SSSR count). The molecule has 0 saturated heterocycles. The summed E-state index contributed by atoms with van der Waals surface area (Å²) in [5.41, 5.74) is 1.29. The average Bonchev–Trinajstić information content (AvgIpc) is 2.30. The summed E-state index contributed by atoms with van der Waals surface area (Å²) in [6.45, 7) is 4.25. The molecule has 0 heterocycles. The molecule has 1 aromatic carbocycles. The lowest BCUT2D eigenvalue weighted by atomic mass is 10.2. The standard InChI is InChI=1S/C12H18ClNO3S/c1-3-7-18(15,16)14-11-5-6-12(17-4-2)10(8-11)9-13/h5-6,8,14H,3-4,7,9H2,1-2H3. The second kappa shape index (κ2) is 6.85. The topological polar surface area (TPSA) is 55.4 Å². The molecule has 0 aliphatic carbocycles. The van der Waals surface area contributed by atoms with E-state index < -0.39 is 10.0 Å². The highest BCUT2D eigenvalue weighted by molar-refractivity contribution is 7.92. The molecule has 0 saturated carbocycles. The van der Waals surface area contributed by atoms with Crippen LogP contribution in [0.25, 0.3) is 0 Å². The van der Waals surface area contributed by atoms with Crippen LogP contribution in [0.5, 0.6) is 5.75 Å². The normalized spacial score (nSPS) is 11.3. The lowest BCUT2D eigenvalue weighted by Gasteiger charge is -2.12. The van der Waals surface area contributed by atoms with E-state index in [-0.39, 0.29) is 11.6 Å². The van der Waals surface area contributed by atoms with Gasteiger partial charge in [-0.25, -0.2) is 8.42 Å². The number of anilines is 1. The summed E-state index contributed by atoms with van der Waals surface area (Å²) < 4.78 is 31.2. The van der Waals surface area contributed by atoms with E-state index in [9.17, 15) is 8.42 Å². The Morgan fingerprint density at radius 3 is 2.61 bits per heavy atom.